The first-order valence-electron chi connectivity index (χ1n) is 6.20. The van der Waals surface area contributed by atoms with E-state index in [1.165, 1.54) is 5.56 Å². The fraction of sp³-hybridized carbons (Fsp3) is 0.357. The Kier molecular flexibility index (Phi) is 4.61. The molecule has 1 unspecified atom stereocenters. The van der Waals surface area contributed by atoms with Crippen LogP contribution in [-0.2, 0) is 20.1 Å². The van der Waals surface area contributed by atoms with Crippen LogP contribution >= 0.6 is 15.9 Å². The first-order valence-corrected chi connectivity index (χ1v) is 6.99. The van der Waals surface area contributed by atoms with Gasteiger partial charge in [-0.15, -0.1) is 0 Å². The summed E-state index contributed by atoms with van der Waals surface area (Å²) in [6.07, 6.45) is 2.76. The van der Waals surface area contributed by atoms with Crippen LogP contribution in [0.1, 0.15) is 18.2 Å². The zero-order valence-electron chi connectivity index (χ0n) is 11.1. The molecule has 0 fully saturated rings. The van der Waals surface area contributed by atoms with E-state index in [4.69, 9.17) is 10.5 Å². The average Bonchev–Trinajstić information content (AvgIpc) is 2.73. The smallest absolute Gasteiger partial charge is 0.134 e. The van der Waals surface area contributed by atoms with Crippen LogP contribution < -0.4 is 10.5 Å². The molecule has 5 heteroatoms. The van der Waals surface area contributed by atoms with Gasteiger partial charge >= 0.3 is 0 Å². The first kappa shape index (κ1) is 14.1. The number of halogens is 1. The predicted octanol–water partition coefficient (Wildman–Crippen LogP) is 2.65. The SMILES string of the molecule is CC(N)Cc1ccc(OCc2ccn(C)n2)c(Br)c1. The summed E-state index contributed by atoms with van der Waals surface area (Å²) in [6, 6.07) is 8.16. The lowest BCUT2D eigenvalue weighted by molar-refractivity contribution is 0.298. The molecule has 0 amide bonds. The van der Waals surface area contributed by atoms with Crippen LogP contribution in [0.15, 0.2) is 34.9 Å². The number of rotatable bonds is 5. The van der Waals surface area contributed by atoms with Crippen LogP contribution in [-0.4, -0.2) is 15.8 Å². The Morgan fingerprint density at radius 2 is 2.21 bits per heavy atom. The molecule has 2 rings (SSSR count). The van der Waals surface area contributed by atoms with E-state index in [2.05, 4.69) is 27.1 Å². The minimum Gasteiger partial charge on any atom is -0.486 e. The molecule has 1 aromatic carbocycles. The summed E-state index contributed by atoms with van der Waals surface area (Å²) in [5.74, 6) is 0.819. The van der Waals surface area contributed by atoms with Crippen molar-refractivity contribution in [3.63, 3.8) is 0 Å². The van der Waals surface area contributed by atoms with Crippen LogP contribution in [0.4, 0.5) is 0 Å². The largest absolute Gasteiger partial charge is 0.486 e. The van der Waals surface area contributed by atoms with Gasteiger partial charge in [-0.05, 0) is 53.0 Å². The molecule has 1 aromatic heterocycles. The van der Waals surface area contributed by atoms with Crippen molar-refractivity contribution in [2.24, 2.45) is 12.8 Å². The van der Waals surface area contributed by atoms with Crippen molar-refractivity contribution in [3.05, 3.63) is 46.2 Å². The van der Waals surface area contributed by atoms with Gasteiger partial charge in [0.1, 0.15) is 12.4 Å². The van der Waals surface area contributed by atoms with E-state index >= 15 is 0 Å². The molecule has 0 saturated carbocycles. The molecule has 0 aliphatic rings. The van der Waals surface area contributed by atoms with Crippen LogP contribution in [0.5, 0.6) is 5.75 Å². The van der Waals surface area contributed by atoms with Gasteiger partial charge in [-0.25, -0.2) is 0 Å². The van der Waals surface area contributed by atoms with Crippen molar-refractivity contribution < 1.29 is 4.74 Å². The molecule has 0 aliphatic heterocycles. The van der Waals surface area contributed by atoms with E-state index in [1.807, 2.05) is 38.4 Å². The Bertz CT molecular complexity index is 551. The quantitative estimate of drug-likeness (QED) is 0.920. The van der Waals surface area contributed by atoms with E-state index in [-0.39, 0.29) is 6.04 Å². The standard InChI is InChI=1S/C14H18BrN3O/c1-10(16)7-11-3-4-14(13(15)8-11)19-9-12-5-6-18(2)17-12/h3-6,8,10H,7,9,16H2,1-2H3. The molecule has 2 aromatic rings. The molecule has 2 N–H and O–H groups in total. The van der Waals surface area contributed by atoms with E-state index in [1.54, 1.807) is 4.68 Å². The first-order chi connectivity index (χ1) is 9.04. The molecule has 1 atom stereocenters. The van der Waals surface area contributed by atoms with Crippen molar-refractivity contribution in [3.8, 4) is 5.75 Å². The Morgan fingerprint density at radius 1 is 1.42 bits per heavy atom. The lowest BCUT2D eigenvalue weighted by Crippen LogP contribution is -2.17. The maximum absolute atomic E-state index is 5.79. The van der Waals surface area contributed by atoms with Gasteiger partial charge in [-0.2, -0.15) is 5.10 Å². The fourth-order valence-corrected chi connectivity index (χ4v) is 2.39. The third-order valence-corrected chi connectivity index (χ3v) is 3.32. The number of ether oxygens (including phenoxy) is 1. The minimum atomic E-state index is 0.159. The normalized spacial score (nSPS) is 12.4. The van der Waals surface area contributed by atoms with Gasteiger partial charge in [0.15, 0.2) is 0 Å². The van der Waals surface area contributed by atoms with Crippen molar-refractivity contribution in [2.45, 2.75) is 26.0 Å². The highest BCUT2D eigenvalue weighted by atomic mass is 79.9. The average molecular weight is 324 g/mol. The predicted molar refractivity (Wildman–Crippen MR) is 79.0 cm³/mol. The van der Waals surface area contributed by atoms with E-state index in [0.29, 0.717) is 6.61 Å². The Balaban J connectivity index is 2.00. The molecule has 0 saturated heterocycles. The highest BCUT2D eigenvalue weighted by Crippen LogP contribution is 2.27. The number of aromatic nitrogens is 2. The van der Waals surface area contributed by atoms with Gasteiger partial charge in [0.2, 0.25) is 0 Å². The molecule has 4 nitrogen and oxygen atoms in total. The maximum Gasteiger partial charge on any atom is 0.134 e. The lowest BCUT2D eigenvalue weighted by atomic mass is 10.1. The number of nitrogens with zero attached hydrogens (tertiary/aromatic N) is 2. The molecule has 0 spiro atoms. The van der Waals surface area contributed by atoms with E-state index in [9.17, 15) is 0 Å². The molecule has 1 heterocycles. The van der Waals surface area contributed by atoms with E-state index < -0.39 is 0 Å². The van der Waals surface area contributed by atoms with E-state index in [0.717, 1.165) is 22.3 Å². The number of aryl methyl sites for hydroxylation is 1. The van der Waals surface area contributed by atoms with Crippen molar-refractivity contribution in [1.82, 2.24) is 9.78 Å². The van der Waals surface area contributed by atoms with Crippen molar-refractivity contribution in [1.29, 1.82) is 0 Å². The number of benzene rings is 1. The molecule has 19 heavy (non-hydrogen) atoms. The summed E-state index contributed by atoms with van der Waals surface area (Å²) in [5, 5.41) is 4.27. The summed E-state index contributed by atoms with van der Waals surface area (Å²) in [4.78, 5) is 0. The second-order valence-corrected chi connectivity index (χ2v) is 5.57. The molecule has 0 radical (unpaired) electrons. The van der Waals surface area contributed by atoms with Gasteiger partial charge in [0.25, 0.3) is 0 Å². The number of nitrogens with two attached hydrogens (primary N) is 1. The molecule has 0 aliphatic carbocycles. The van der Waals surface area contributed by atoms with Crippen LogP contribution in [0.3, 0.4) is 0 Å². The second-order valence-electron chi connectivity index (χ2n) is 4.72. The zero-order valence-corrected chi connectivity index (χ0v) is 12.7. The number of hydrogen-bond donors (Lipinski definition) is 1. The van der Waals surface area contributed by atoms with Crippen LogP contribution in [0.2, 0.25) is 0 Å². The minimum absolute atomic E-state index is 0.159. The van der Waals surface area contributed by atoms with Crippen LogP contribution in [0, 0.1) is 0 Å². The summed E-state index contributed by atoms with van der Waals surface area (Å²) >= 11 is 3.52. The Labute approximate surface area is 121 Å². The van der Waals surface area contributed by atoms with Crippen molar-refractivity contribution >= 4 is 15.9 Å². The molecule has 0 bridgehead atoms. The molecular weight excluding hydrogens is 306 g/mol. The van der Waals surface area contributed by atoms with Crippen LogP contribution in [0.25, 0.3) is 0 Å². The van der Waals surface area contributed by atoms with Gasteiger partial charge in [0.05, 0.1) is 10.2 Å². The second kappa shape index (κ2) is 6.21. The summed E-state index contributed by atoms with van der Waals surface area (Å²) in [5.41, 5.74) is 7.90. The topological polar surface area (TPSA) is 53.1 Å². The zero-order chi connectivity index (χ0) is 13.8. The van der Waals surface area contributed by atoms with Gasteiger partial charge in [-0.1, -0.05) is 6.07 Å². The molecular formula is C14H18BrN3O. The highest BCUT2D eigenvalue weighted by molar-refractivity contribution is 9.10. The Hall–Kier alpha value is -1.33. The number of hydrogen-bond acceptors (Lipinski definition) is 3. The molecule has 102 valence electrons. The van der Waals surface area contributed by atoms with Gasteiger partial charge in [-0.3, -0.25) is 4.68 Å². The highest BCUT2D eigenvalue weighted by Gasteiger charge is 2.06. The lowest BCUT2D eigenvalue weighted by Gasteiger charge is -2.10. The Morgan fingerprint density at radius 3 is 2.79 bits per heavy atom. The van der Waals surface area contributed by atoms with Gasteiger partial charge < -0.3 is 10.5 Å². The maximum atomic E-state index is 5.79. The summed E-state index contributed by atoms with van der Waals surface area (Å²) in [7, 11) is 1.89. The third-order valence-electron chi connectivity index (χ3n) is 2.70. The summed E-state index contributed by atoms with van der Waals surface area (Å²) < 4.78 is 8.45. The third kappa shape index (κ3) is 4.08. The summed E-state index contributed by atoms with van der Waals surface area (Å²) in [6.45, 7) is 2.46. The fourth-order valence-electron chi connectivity index (χ4n) is 1.85. The van der Waals surface area contributed by atoms with Gasteiger partial charge in [0, 0.05) is 19.3 Å². The van der Waals surface area contributed by atoms with Crippen molar-refractivity contribution in [2.75, 3.05) is 0 Å². The monoisotopic (exact) mass is 323 g/mol.